The molecule has 5 nitrogen and oxygen atoms in total. The topological polar surface area (TPSA) is 58.8 Å². The maximum absolute atomic E-state index is 5.72. The molecule has 0 spiro atoms. The second kappa shape index (κ2) is 8.80. The molecule has 0 bridgehead atoms. The van der Waals surface area contributed by atoms with E-state index in [0.29, 0.717) is 13.2 Å². The third-order valence-corrected chi connectivity index (χ3v) is 2.73. The average Bonchev–Trinajstić information content (AvgIpc) is 2.85. The molecule has 2 N–H and O–H groups in total. The first kappa shape index (κ1) is 16.8. The third kappa shape index (κ3) is 4.68. The smallest absolute Gasteiger partial charge is 0.191 e. The lowest BCUT2D eigenvalue weighted by molar-refractivity contribution is 0.203. The molecule has 1 aromatic heterocycles. The molecule has 1 heterocycles. The minimum atomic E-state index is 0. The van der Waals surface area contributed by atoms with Gasteiger partial charge < -0.3 is 19.8 Å². The molecule has 0 radical (unpaired) electrons. The fraction of sp³-hybridized carbons (Fsp3) is 0.357. The van der Waals surface area contributed by atoms with E-state index in [9.17, 15) is 0 Å². The lowest BCUT2D eigenvalue weighted by Gasteiger charge is -2.10. The summed E-state index contributed by atoms with van der Waals surface area (Å²) in [6.45, 7) is 1.96. The van der Waals surface area contributed by atoms with Crippen molar-refractivity contribution in [2.24, 2.45) is 4.99 Å². The zero-order valence-corrected chi connectivity index (χ0v) is 14.0. The summed E-state index contributed by atoms with van der Waals surface area (Å²) in [5, 5.41) is 7.45. The van der Waals surface area contributed by atoms with Gasteiger partial charge in [-0.25, -0.2) is 0 Å². The Balaban J connectivity index is 0.00000200. The van der Waals surface area contributed by atoms with Crippen LogP contribution in [0.4, 0.5) is 0 Å². The van der Waals surface area contributed by atoms with E-state index < -0.39 is 0 Å². The van der Waals surface area contributed by atoms with Gasteiger partial charge in [0.15, 0.2) is 5.96 Å². The lowest BCUT2D eigenvalue weighted by Crippen LogP contribution is -2.38. The van der Waals surface area contributed by atoms with Gasteiger partial charge in [0.05, 0.1) is 13.2 Å². The lowest BCUT2D eigenvalue weighted by atomic mass is 10.2. The number of nitrogens with one attached hydrogen (secondary N) is 2. The van der Waals surface area contributed by atoms with E-state index in [1.165, 1.54) is 0 Å². The molecule has 110 valence electrons. The van der Waals surface area contributed by atoms with E-state index in [0.717, 1.165) is 29.2 Å². The van der Waals surface area contributed by atoms with Crippen LogP contribution in [0.2, 0.25) is 0 Å². The number of methoxy groups -OCH3 is 1. The molecule has 6 heteroatoms. The van der Waals surface area contributed by atoms with Gasteiger partial charge >= 0.3 is 0 Å². The summed E-state index contributed by atoms with van der Waals surface area (Å²) in [6, 6.07) is 10.00. The van der Waals surface area contributed by atoms with Crippen molar-refractivity contribution in [1.82, 2.24) is 10.6 Å². The number of ether oxygens (including phenoxy) is 1. The molecule has 1 aromatic carbocycles. The Morgan fingerprint density at radius 2 is 2.10 bits per heavy atom. The number of guanidine groups is 1. The Bertz CT molecular complexity index is 521. The van der Waals surface area contributed by atoms with E-state index in [4.69, 9.17) is 9.15 Å². The van der Waals surface area contributed by atoms with Gasteiger partial charge in [-0.3, -0.25) is 4.99 Å². The summed E-state index contributed by atoms with van der Waals surface area (Å²) >= 11 is 0. The number of benzene rings is 1. The molecule has 0 saturated heterocycles. The first-order valence-corrected chi connectivity index (χ1v) is 6.24. The molecule has 0 aliphatic rings. The Morgan fingerprint density at radius 3 is 2.80 bits per heavy atom. The number of furan rings is 1. The Kier molecular flexibility index (Phi) is 7.38. The van der Waals surface area contributed by atoms with Crippen LogP contribution >= 0.6 is 24.0 Å². The van der Waals surface area contributed by atoms with Crippen molar-refractivity contribution >= 4 is 40.9 Å². The van der Waals surface area contributed by atoms with Crippen molar-refractivity contribution in [3.05, 3.63) is 36.1 Å². The Morgan fingerprint density at radius 1 is 1.30 bits per heavy atom. The van der Waals surface area contributed by atoms with Crippen molar-refractivity contribution in [1.29, 1.82) is 0 Å². The van der Waals surface area contributed by atoms with Crippen molar-refractivity contribution in [3.63, 3.8) is 0 Å². The van der Waals surface area contributed by atoms with Crippen LogP contribution in [-0.4, -0.2) is 33.3 Å². The molecule has 20 heavy (non-hydrogen) atoms. The minimum Gasteiger partial charge on any atom is -0.459 e. The molecule has 0 atom stereocenters. The number of fused-ring (bicyclic) bond motifs is 1. The van der Waals surface area contributed by atoms with Gasteiger partial charge in [-0.15, -0.1) is 24.0 Å². The summed E-state index contributed by atoms with van der Waals surface area (Å²) in [6.07, 6.45) is 0. The second-order valence-electron chi connectivity index (χ2n) is 4.10. The fourth-order valence-corrected chi connectivity index (χ4v) is 1.79. The predicted octanol–water partition coefficient (Wildman–Crippen LogP) is 2.36. The van der Waals surface area contributed by atoms with Crippen LogP contribution in [0.5, 0.6) is 0 Å². The van der Waals surface area contributed by atoms with Crippen LogP contribution in [0.25, 0.3) is 11.0 Å². The normalized spacial score (nSPS) is 11.2. The summed E-state index contributed by atoms with van der Waals surface area (Å²) in [7, 11) is 3.41. The van der Waals surface area contributed by atoms with Crippen LogP contribution in [0.15, 0.2) is 39.7 Å². The van der Waals surface area contributed by atoms with Gasteiger partial charge in [0.2, 0.25) is 0 Å². The van der Waals surface area contributed by atoms with Crippen LogP contribution in [-0.2, 0) is 11.3 Å². The quantitative estimate of drug-likeness (QED) is 0.357. The molecule has 0 unspecified atom stereocenters. The first-order chi connectivity index (χ1) is 9.33. The monoisotopic (exact) mass is 389 g/mol. The van der Waals surface area contributed by atoms with Crippen LogP contribution in [0, 0.1) is 0 Å². The van der Waals surface area contributed by atoms with Gasteiger partial charge in [-0.2, -0.15) is 0 Å². The molecule has 2 aromatic rings. The van der Waals surface area contributed by atoms with E-state index in [-0.39, 0.29) is 24.0 Å². The van der Waals surface area contributed by atoms with E-state index in [1.54, 1.807) is 14.2 Å². The van der Waals surface area contributed by atoms with Crippen LogP contribution in [0.3, 0.4) is 0 Å². The van der Waals surface area contributed by atoms with E-state index in [2.05, 4.69) is 15.6 Å². The number of rotatable bonds is 5. The second-order valence-corrected chi connectivity index (χ2v) is 4.10. The number of hydrogen-bond donors (Lipinski definition) is 2. The van der Waals surface area contributed by atoms with Crippen molar-refractivity contribution in [3.8, 4) is 0 Å². The van der Waals surface area contributed by atoms with Gasteiger partial charge in [0.1, 0.15) is 11.3 Å². The number of halogens is 1. The maximum atomic E-state index is 5.72. The largest absolute Gasteiger partial charge is 0.459 e. The van der Waals surface area contributed by atoms with Gasteiger partial charge in [0, 0.05) is 26.1 Å². The highest BCUT2D eigenvalue weighted by atomic mass is 127. The molecule has 0 amide bonds. The predicted molar refractivity (Wildman–Crippen MR) is 91.7 cm³/mol. The zero-order chi connectivity index (χ0) is 13.5. The number of nitrogens with zero attached hydrogens (tertiary/aromatic N) is 1. The van der Waals surface area contributed by atoms with Crippen molar-refractivity contribution in [2.75, 3.05) is 27.3 Å². The summed E-state index contributed by atoms with van der Waals surface area (Å²) in [5.74, 6) is 1.62. The SMILES string of the molecule is CN=C(NCCOC)NCc1cc2ccccc2o1.I. The average molecular weight is 389 g/mol. The zero-order valence-electron chi connectivity index (χ0n) is 11.7. The Hall–Kier alpha value is -1.28. The molecule has 0 fully saturated rings. The first-order valence-electron chi connectivity index (χ1n) is 6.24. The fourth-order valence-electron chi connectivity index (χ4n) is 1.79. The molecular formula is C14H20IN3O2. The van der Waals surface area contributed by atoms with Gasteiger partial charge in [-0.1, -0.05) is 18.2 Å². The highest BCUT2D eigenvalue weighted by Crippen LogP contribution is 2.18. The number of hydrogen-bond acceptors (Lipinski definition) is 3. The summed E-state index contributed by atoms with van der Waals surface area (Å²) < 4.78 is 10.7. The summed E-state index contributed by atoms with van der Waals surface area (Å²) in [5.41, 5.74) is 0.904. The minimum absolute atomic E-state index is 0. The number of aliphatic imine (C=N–C) groups is 1. The van der Waals surface area contributed by atoms with Gasteiger partial charge in [-0.05, 0) is 12.1 Å². The maximum Gasteiger partial charge on any atom is 0.191 e. The van der Waals surface area contributed by atoms with Crippen LogP contribution < -0.4 is 10.6 Å². The summed E-state index contributed by atoms with van der Waals surface area (Å²) in [4.78, 5) is 4.13. The van der Waals surface area contributed by atoms with E-state index >= 15 is 0 Å². The molecule has 0 aliphatic heterocycles. The van der Waals surface area contributed by atoms with Crippen molar-refractivity contribution < 1.29 is 9.15 Å². The number of para-hydroxylation sites is 1. The molecule has 2 rings (SSSR count). The highest BCUT2D eigenvalue weighted by molar-refractivity contribution is 14.0. The van der Waals surface area contributed by atoms with Crippen LogP contribution in [0.1, 0.15) is 5.76 Å². The third-order valence-electron chi connectivity index (χ3n) is 2.73. The standard InChI is InChI=1S/C14H19N3O2.HI/c1-15-14(16-7-8-18-2)17-10-12-9-11-5-3-4-6-13(11)19-12;/h3-6,9H,7-8,10H2,1-2H3,(H2,15,16,17);1H. The van der Waals surface area contributed by atoms with Crippen molar-refractivity contribution in [2.45, 2.75) is 6.54 Å². The van der Waals surface area contributed by atoms with E-state index in [1.807, 2.05) is 30.3 Å². The van der Waals surface area contributed by atoms with Gasteiger partial charge in [0.25, 0.3) is 0 Å². The Labute approximate surface area is 135 Å². The molecule has 0 aliphatic carbocycles. The molecule has 0 saturated carbocycles. The molecular weight excluding hydrogens is 369 g/mol. The highest BCUT2D eigenvalue weighted by Gasteiger charge is 2.03.